The Labute approximate surface area is 331 Å². The first-order valence-corrected chi connectivity index (χ1v) is 23.2. The summed E-state index contributed by atoms with van der Waals surface area (Å²) in [5, 5.41) is 0. The van der Waals surface area contributed by atoms with Gasteiger partial charge in [-0.15, -0.1) is 0 Å². The predicted octanol–water partition coefficient (Wildman–Crippen LogP) is 11.5. The van der Waals surface area contributed by atoms with E-state index >= 15 is 0 Å². The molecule has 0 rings (SSSR count). The van der Waals surface area contributed by atoms with Crippen LogP contribution in [0.4, 0.5) is 0 Å². The fourth-order valence-electron chi connectivity index (χ4n) is 5.72. The molecule has 316 valence electrons. The van der Waals surface area contributed by atoms with E-state index in [4.69, 9.17) is 18.5 Å². The number of carbonyl (C=O) groups is 2. The van der Waals surface area contributed by atoms with Crippen LogP contribution >= 0.6 is 7.82 Å². The Bertz CT molecular complexity index is 1020. The van der Waals surface area contributed by atoms with Crippen LogP contribution in [0.3, 0.4) is 0 Å². The van der Waals surface area contributed by atoms with Gasteiger partial charge in [-0.05, 0) is 51.4 Å². The van der Waals surface area contributed by atoms with Crippen molar-refractivity contribution in [2.75, 3.05) is 47.5 Å². The fourth-order valence-corrected chi connectivity index (χ4v) is 6.45. The first kappa shape index (κ1) is 52.2. The van der Waals surface area contributed by atoms with Gasteiger partial charge in [-0.25, -0.2) is 0 Å². The Morgan fingerprint density at radius 1 is 0.574 bits per heavy atom. The maximum Gasteiger partial charge on any atom is 0.306 e. The van der Waals surface area contributed by atoms with E-state index in [0.717, 1.165) is 51.4 Å². The number of allylic oxidation sites excluding steroid dienone is 6. The number of hydrogen-bond donors (Lipinski definition) is 0. The highest BCUT2D eigenvalue weighted by atomic mass is 31.2. The molecule has 0 aromatic carbocycles. The average molecular weight is 784 g/mol. The molecule has 0 aliphatic rings. The third-order valence-corrected chi connectivity index (χ3v) is 10.1. The van der Waals surface area contributed by atoms with Gasteiger partial charge in [-0.2, -0.15) is 0 Å². The van der Waals surface area contributed by atoms with Crippen LogP contribution in [0.15, 0.2) is 36.5 Å². The first-order chi connectivity index (χ1) is 26.0. The summed E-state index contributed by atoms with van der Waals surface area (Å²) in [6.07, 6.45) is 40.3. The Hall–Kier alpha value is -1.77. The van der Waals surface area contributed by atoms with Crippen LogP contribution in [-0.2, 0) is 32.7 Å². The van der Waals surface area contributed by atoms with Gasteiger partial charge in [0.25, 0.3) is 7.82 Å². The molecule has 9 nitrogen and oxygen atoms in total. The van der Waals surface area contributed by atoms with Gasteiger partial charge in [0.1, 0.15) is 19.8 Å². The van der Waals surface area contributed by atoms with Crippen LogP contribution in [0.25, 0.3) is 0 Å². The molecule has 1 unspecified atom stereocenters. The number of hydrogen-bond acceptors (Lipinski definition) is 8. The molecule has 0 aliphatic heterocycles. The van der Waals surface area contributed by atoms with Crippen molar-refractivity contribution >= 4 is 19.8 Å². The smallest absolute Gasteiger partial charge is 0.306 e. The molecule has 0 saturated carbocycles. The van der Waals surface area contributed by atoms with Crippen molar-refractivity contribution in [2.45, 2.75) is 187 Å². The molecule has 0 N–H and O–H groups in total. The summed E-state index contributed by atoms with van der Waals surface area (Å²) < 4.78 is 33.8. The molecule has 0 heterocycles. The minimum Gasteiger partial charge on any atom is -0.756 e. The molecule has 0 amide bonds. The first-order valence-electron chi connectivity index (χ1n) is 21.7. The van der Waals surface area contributed by atoms with Gasteiger partial charge in [-0.3, -0.25) is 14.2 Å². The average Bonchev–Trinajstić information content (AvgIpc) is 3.12. The Balaban J connectivity index is 4.42. The monoisotopic (exact) mass is 784 g/mol. The molecule has 0 aromatic heterocycles. The Morgan fingerprint density at radius 2 is 1.00 bits per heavy atom. The van der Waals surface area contributed by atoms with Crippen molar-refractivity contribution in [1.82, 2.24) is 0 Å². The molecule has 0 spiro atoms. The van der Waals surface area contributed by atoms with E-state index in [1.54, 1.807) is 0 Å². The number of phosphoric ester groups is 1. The number of carbonyl (C=O) groups excluding carboxylic acids is 2. The molecule has 0 aromatic rings. The van der Waals surface area contributed by atoms with E-state index in [1.165, 1.54) is 96.3 Å². The van der Waals surface area contributed by atoms with Gasteiger partial charge >= 0.3 is 11.9 Å². The lowest BCUT2D eigenvalue weighted by atomic mass is 10.0. The summed E-state index contributed by atoms with van der Waals surface area (Å²) in [7, 11) is 1.14. The maximum atomic E-state index is 12.6. The van der Waals surface area contributed by atoms with Gasteiger partial charge in [0.05, 0.1) is 27.7 Å². The van der Waals surface area contributed by atoms with E-state index < -0.39 is 32.5 Å². The van der Waals surface area contributed by atoms with Crippen LogP contribution in [0.5, 0.6) is 0 Å². The van der Waals surface area contributed by atoms with Crippen LogP contribution in [0.1, 0.15) is 181 Å². The van der Waals surface area contributed by atoms with Crippen LogP contribution in [0.2, 0.25) is 0 Å². The second-order valence-electron chi connectivity index (χ2n) is 15.7. The SMILES string of the molecule is CCCCC/C=C\C/C=C\C/C=C\CCCCC(=O)O[C@H](COC(=O)CCCCCCCCCCCCCCCCC)COP(=O)([O-])OCC[N+](C)(C)C. The standard InChI is InChI=1S/C44H82NO8P/c1-6-8-10-12-14-16-18-20-22-24-26-28-30-32-34-36-43(46)50-40-42(41-52-54(48,49)51-39-38-45(3,4)5)53-44(47)37-35-33-31-29-27-25-23-21-19-17-15-13-11-9-7-2/h15,17,21,23,27,29,42H,6-14,16,18-20,22,24-26,28,30-41H2,1-5H3/b17-15-,23-21-,29-27-/t42-/m1/s1. The topological polar surface area (TPSA) is 111 Å². The van der Waals surface area contributed by atoms with Crippen molar-refractivity contribution < 1.29 is 42.1 Å². The summed E-state index contributed by atoms with van der Waals surface area (Å²) in [6.45, 7) is 4.16. The number of ether oxygens (including phenoxy) is 2. The predicted molar refractivity (Wildman–Crippen MR) is 222 cm³/mol. The molecule has 0 aliphatic carbocycles. The highest BCUT2D eigenvalue weighted by Gasteiger charge is 2.21. The zero-order valence-electron chi connectivity index (χ0n) is 35.4. The molecule has 2 atom stereocenters. The van der Waals surface area contributed by atoms with Gasteiger partial charge in [0.15, 0.2) is 6.10 Å². The highest BCUT2D eigenvalue weighted by molar-refractivity contribution is 7.45. The van der Waals surface area contributed by atoms with Gasteiger partial charge < -0.3 is 27.9 Å². The second kappa shape index (κ2) is 36.8. The lowest BCUT2D eigenvalue weighted by Gasteiger charge is -2.28. The number of unbranched alkanes of at least 4 members (excludes halogenated alkanes) is 19. The van der Waals surface area contributed by atoms with Crippen LogP contribution < -0.4 is 4.89 Å². The molecule has 0 saturated heterocycles. The minimum absolute atomic E-state index is 0.0375. The second-order valence-corrected chi connectivity index (χ2v) is 17.1. The molecule has 0 fully saturated rings. The van der Waals surface area contributed by atoms with Gasteiger partial charge in [-0.1, -0.05) is 153 Å². The summed E-state index contributed by atoms with van der Waals surface area (Å²) in [4.78, 5) is 37.5. The van der Waals surface area contributed by atoms with E-state index in [2.05, 4.69) is 50.3 Å². The van der Waals surface area contributed by atoms with E-state index in [0.29, 0.717) is 17.4 Å². The van der Waals surface area contributed by atoms with Crippen molar-refractivity contribution in [2.24, 2.45) is 0 Å². The van der Waals surface area contributed by atoms with Crippen LogP contribution in [-0.4, -0.2) is 70.0 Å². The summed E-state index contributed by atoms with van der Waals surface area (Å²) in [5.41, 5.74) is 0. The largest absolute Gasteiger partial charge is 0.756 e. The normalized spacial score (nSPS) is 14.0. The highest BCUT2D eigenvalue weighted by Crippen LogP contribution is 2.38. The number of nitrogens with zero attached hydrogens (tertiary/aromatic N) is 1. The number of likely N-dealkylation sites (N-methyl/N-ethyl adjacent to an activating group) is 1. The Morgan fingerprint density at radius 3 is 1.52 bits per heavy atom. The van der Waals surface area contributed by atoms with Gasteiger partial charge in [0, 0.05) is 12.8 Å². The zero-order valence-corrected chi connectivity index (χ0v) is 36.3. The number of phosphoric acid groups is 1. The van der Waals surface area contributed by atoms with E-state index in [9.17, 15) is 19.0 Å². The third kappa shape index (κ3) is 39.9. The lowest BCUT2D eigenvalue weighted by Crippen LogP contribution is -2.37. The lowest BCUT2D eigenvalue weighted by molar-refractivity contribution is -0.870. The quantitative estimate of drug-likeness (QED) is 0.0199. The van der Waals surface area contributed by atoms with Gasteiger partial charge in [0.2, 0.25) is 0 Å². The number of esters is 2. The van der Waals surface area contributed by atoms with Crippen molar-refractivity contribution in [1.29, 1.82) is 0 Å². The van der Waals surface area contributed by atoms with E-state index in [1.807, 2.05) is 21.1 Å². The molecule has 54 heavy (non-hydrogen) atoms. The molecule has 0 radical (unpaired) electrons. The maximum absolute atomic E-state index is 12.6. The third-order valence-electron chi connectivity index (χ3n) is 9.16. The summed E-state index contributed by atoms with van der Waals surface area (Å²) in [5.74, 6) is -0.876. The fraction of sp³-hybridized carbons (Fsp3) is 0.818. The number of quaternary nitrogens is 1. The van der Waals surface area contributed by atoms with Crippen molar-refractivity contribution in [3.8, 4) is 0 Å². The summed E-state index contributed by atoms with van der Waals surface area (Å²) in [6, 6.07) is 0. The molecule has 0 bridgehead atoms. The molecular weight excluding hydrogens is 701 g/mol. The minimum atomic E-state index is -4.63. The van der Waals surface area contributed by atoms with Crippen molar-refractivity contribution in [3.63, 3.8) is 0 Å². The van der Waals surface area contributed by atoms with Crippen molar-refractivity contribution in [3.05, 3.63) is 36.5 Å². The molecular formula is C44H82NO8P. The van der Waals surface area contributed by atoms with E-state index in [-0.39, 0.29) is 26.1 Å². The number of rotatable bonds is 39. The van der Waals surface area contributed by atoms with Crippen LogP contribution in [0, 0.1) is 0 Å². The Kier molecular flexibility index (Phi) is 35.6. The summed E-state index contributed by atoms with van der Waals surface area (Å²) >= 11 is 0. The molecule has 10 heteroatoms. The zero-order chi connectivity index (χ0) is 40.0.